The van der Waals surface area contributed by atoms with Gasteiger partial charge in [0.25, 0.3) is 0 Å². The highest BCUT2D eigenvalue weighted by Gasteiger charge is 2.47. The molecule has 0 saturated carbocycles. The van der Waals surface area contributed by atoms with Crippen molar-refractivity contribution in [3.05, 3.63) is 54.6 Å². The molecule has 0 amide bonds. The molecule has 0 spiro atoms. The summed E-state index contributed by atoms with van der Waals surface area (Å²) in [5.41, 5.74) is 1.03. The molecule has 0 fully saturated rings. The van der Waals surface area contributed by atoms with Gasteiger partial charge in [-0.1, -0.05) is 57.7 Å². The minimum absolute atomic E-state index is 0.152. The van der Waals surface area contributed by atoms with Gasteiger partial charge < -0.3 is 14.7 Å². The number of benzene rings is 2. The SMILES string of the molecule is CCCCC1(CCCC)CN(c2ccccc2)c2cc(SC)c(O/C=C(\F)C(=O)O)cc2S(O)(O)N1C. The molecule has 0 radical (unpaired) electrons. The van der Waals surface area contributed by atoms with Crippen LogP contribution in [0.3, 0.4) is 0 Å². The molecular formula is C27H37FN2O5S2. The molecule has 3 rings (SSSR count). The molecule has 1 heterocycles. The molecule has 0 saturated heterocycles. The number of anilines is 2. The van der Waals surface area contributed by atoms with Gasteiger partial charge in [0, 0.05) is 25.3 Å². The van der Waals surface area contributed by atoms with Crippen LogP contribution >= 0.6 is 22.5 Å². The van der Waals surface area contributed by atoms with Crippen molar-refractivity contribution in [1.82, 2.24) is 4.31 Å². The van der Waals surface area contributed by atoms with Crippen LogP contribution in [0.2, 0.25) is 0 Å². The summed E-state index contributed by atoms with van der Waals surface area (Å²) in [7, 11) is -1.73. The van der Waals surface area contributed by atoms with Crippen molar-refractivity contribution >= 4 is 39.9 Å². The number of aliphatic carboxylic acids is 1. The third kappa shape index (κ3) is 6.26. The smallest absolute Gasteiger partial charge is 0.368 e. The van der Waals surface area contributed by atoms with Crippen molar-refractivity contribution in [3.63, 3.8) is 0 Å². The Morgan fingerprint density at radius 2 is 1.78 bits per heavy atom. The number of unbranched alkanes of at least 4 members (excludes halogenated alkanes) is 2. The van der Waals surface area contributed by atoms with Gasteiger partial charge in [0.1, 0.15) is 16.9 Å². The summed E-state index contributed by atoms with van der Waals surface area (Å²) in [5.74, 6) is -3.04. The molecule has 204 valence electrons. The lowest BCUT2D eigenvalue weighted by molar-refractivity contribution is -0.134. The molecule has 0 aromatic heterocycles. The van der Waals surface area contributed by atoms with E-state index in [1.165, 1.54) is 17.8 Å². The van der Waals surface area contributed by atoms with Crippen LogP contribution in [0.25, 0.3) is 0 Å². The summed E-state index contributed by atoms with van der Waals surface area (Å²) in [6.07, 6.45) is 7.77. The van der Waals surface area contributed by atoms with E-state index in [0.29, 0.717) is 23.4 Å². The lowest BCUT2D eigenvalue weighted by Gasteiger charge is -2.50. The monoisotopic (exact) mass is 552 g/mol. The number of carboxylic acid groups (broad SMARTS) is 1. The first-order chi connectivity index (χ1) is 17.6. The Kier molecular flexibility index (Phi) is 9.93. The Morgan fingerprint density at radius 3 is 2.32 bits per heavy atom. The number of carboxylic acids is 1. The van der Waals surface area contributed by atoms with Crippen LogP contribution in [0.15, 0.2) is 64.3 Å². The number of hydrogen-bond acceptors (Lipinski definition) is 7. The molecule has 2 aromatic rings. The van der Waals surface area contributed by atoms with Gasteiger partial charge in [-0.3, -0.25) is 9.11 Å². The van der Waals surface area contributed by atoms with E-state index in [1.54, 1.807) is 11.4 Å². The Bertz CT molecular complexity index is 1110. The lowest BCUT2D eigenvalue weighted by atomic mass is 9.86. The van der Waals surface area contributed by atoms with Crippen LogP contribution in [0.5, 0.6) is 5.75 Å². The predicted octanol–water partition coefficient (Wildman–Crippen LogP) is 7.91. The minimum Gasteiger partial charge on any atom is -0.476 e. The van der Waals surface area contributed by atoms with Gasteiger partial charge >= 0.3 is 5.97 Å². The minimum atomic E-state index is -3.50. The molecule has 2 aromatic carbocycles. The standard InChI is InChI=1S/C27H37FN2O5S2/c1-5-7-14-27(15-8-6-2)19-30(20-12-10-9-11-13-20)22-16-24(36-4)23(35-18-21(28)26(31)32)17-25(22)37(33,34)29(27)3/h9-13,16-18,33-34H,5-8,14-15,19H2,1-4H3,(H,31,32)/b21-18-. The van der Waals surface area contributed by atoms with Crippen molar-refractivity contribution in [2.45, 2.75) is 67.7 Å². The number of rotatable bonds is 11. The van der Waals surface area contributed by atoms with E-state index in [0.717, 1.165) is 44.2 Å². The Morgan fingerprint density at radius 1 is 1.16 bits per heavy atom. The van der Waals surface area contributed by atoms with Crippen LogP contribution in [-0.2, 0) is 4.79 Å². The average Bonchev–Trinajstić information content (AvgIpc) is 2.97. The van der Waals surface area contributed by atoms with E-state index in [-0.39, 0.29) is 10.6 Å². The van der Waals surface area contributed by atoms with Gasteiger partial charge in [0.05, 0.1) is 16.1 Å². The lowest BCUT2D eigenvalue weighted by Crippen LogP contribution is -2.52. The van der Waals surface area contributed by atoms with E-state index < -0.39 is 28.1 Å². The normalized spacial score (nSPS) is 18.1. The highest BCUT2D eigenvalue weighted by molar-refractivity contribution is 8.22. The van der Waals surface area contributed by atoms with Gasteiger partial charge in [-0.2, -0.15) is 8.70 Å². The maximum Gasteiger partial charge on any atom is 0.368 e. The number of thioether (sulfide) groups is 1. The highest BCUT2D eigenvalue weighted by Crippen LogP contribution is 2.63. The number of ether oxygens (including phenoxy) is 1. The van der Waals surface area contributed by atoms with Crippen LogP contribution in [0.4, 0.5) is 15.8 Å². The van der Waals surface area contributed by atoms with Crippen molar-refractivity contribution in [3.8, 4) is 5.75 Å². The number of likely N-dealkylation sites (N-methyl/N-ethyl adjacent to an activating group) is 1. The second kappa shape index (κ2) is 12.5. The molecule has 1 aliphatic heterocycles. The van der Waals surface area contributed by atoms with E-state index >= 15 is 0 Å². The number of para-hydroxylation sites is 1. The number of halogens is 1. The van der Waals surface area contributed by atoms with Gasteiger partial charge in [-0.05, 0) is 37.3 Å². The Balaban J connectivity index is 2.28. The second-order valence-electron chi connectivity index (χ2n) is 9.23. The predicted molar refractivity (Wildman–Crippen MR) is 150 cm³/mol. The van der Waals surface area contributed by atoms with E-state index in [9.17, 15) is 18.3 Å². The maximum atomic E-state index is 13.7. The zero-order chi connectivity index (χ0) is 27.2. The maximum absolute atomic E-state index is 13.7. The van der Waals surface area contributed by atoms with E-state index in [2.05, 4.69) is 18.7 Å². The fourth-order valence-corrected chi connectivity index (χ4v) is 7.05. The molecule has 7 nitrogen and oxygen atoms in total. The second-order valence-corrected chi connectivity index (χ2v) is 12.1. The van der Waals surface area contributed by atoms with Crippen LogP contribution in [0, 0.1) is 0 Å². The zero-order valence-corrected chi connectivity index (χ0v) is 23.4. The van der Waals surface area contributed by atoms with Crippen LogP contribution < -0.4 is 9.64 Å². The number of hydrogen-bond donors (Lipinski definition) is 3. The van der Waals surface area contributed by atoms with E-state index in [1.807, 2.05) is 42.7 Å². The fourth-order valence-electron chi connectivity index (χ4n) is 4.72. The first-order valence-electron chi connectivity index (χ1n) is 12.4. The van der Waals surface area contributed by atoms with Gasteiger partial charge in [-0.15, -0.1) is 22.5 Å². The molecule has 37 heavy (non-hydrogen) atoms. The van der Waals surface area contributed by atoms with Gasteiger partial charge in [0.2, 0.25) is 5.83 Å². The first kappa shape index (κ1) is 29.3. The molecule has 0 unspecified atom stereocenters. The van der Waals surface area contributed by atoms with Crippen LogP contribution in [0.1, 0.15) is 52.4 Å². The third-order valence-electron chi connectivity index (χ3n) is 6.89. The molecule has 0 atom stereocenters. The van der Waals surface area contributed by atoms with Crippen molar-refractivity contribution in [1.29, 1.82) is 0 Å². The summed E-state index contributed by atoms with van der Waals surface area (Å²) in [5, 5.41) is 8.88. The summed E-state index contributed by atoms with van der Waals surface area (Å²) >= 11 is 1.34. The summed E-state index contributed by atoms with van der Waals surface area (Å²) in [6, 6.07) is 13.2. The summed E-state index contributed by atoms with van der Waals surface area (Å²) in [6.45, 7) is 4.81. The number of fused-ring (bicyclic) bond motifs is 1. The van der Waals surface area contributed by atoms with Gasteiger partial charge in [-0.25, -0.2) is 4.79 Å². The third-order valence-corrected chi connectivity index (χ3v) is 9.71. The molecule has 0 aliphatic carbocycles. The summed E-state index contributed by atoms with van der Waals surface area (Å²) < 4.78 is 44.5. The molecule has 10 heteroatoms. The quantitative estimate of drug-likeness (QED) is 0.147. The molecule has 3 N–H and O–H groups in total. The highest BCUT2D eigenvalue weighted by atomic mass is 32.3. The molecular weight excluding hydrogens is 515 g/mol. The molecule has 0 bridgehead atoms. The van der Waals surface area contributed by atoms with Crippen LogP contribution in [-0.4, -0.2) is 49.9 Å². The number of nitrogens with zero attached hydrogens (tertiary/aromatic N) is 2. The zero-order valence-electron chi connectivity index (χ0n) is 21.8. The fraction of sp³-hybridized carbons (Fsp3) is 0.444. The Hall–Kier alpha value is -2.24. The first-order valence-corrected chi connectivity index (χ1v) is 15.2. The van der Waals surface area contributed by atoms with Gasteiger partial charge in [0.15, 0.2) is 0 Å². The topological polar surface area (TPSA) is 93.5 Å². The van der Waals surface area contributed by atoms with Crippen molar-refractivity contribution in [2.24, 2.45) is 0 Å². The van der Waals surface area contributed by atoms with Crippen molar-refractivity contribution in [2.75, 3.05) is 24.7 Å². The molecule has 1 aliphatic rings. The number of carbonyl (C=O) groups is 1. The summed E-state index contributed by atoms with van der Waals surface area (Å²) in [4.78, 5) is 13.9. The Labute approximate surface area is 224 Å². The van der Waals surface area contributed by atoms with E-state index in [4.69, 9.17) is 9.84 Å². The van der Waals surface area contributed by atoms with Crippen molar-refractivity contribution < 1.29 is 28.1 Å². The largest absolute Gasteiger partial charge is 0.476 e. The average molecular weight is 553 g/mol.